The second kappa shape index (κ2) is 15.5. The van der Waals surface area contributed by atoms with Gasteiger partial charge in [-0.1, -0.05) is 70.4 Å². The molecule has 0 heterocycles. The minimum Gasteiger partial charge on any atom is -0.476 e. The van der Waals surface area contributed by atoms with Crippen LogP contribution in [0.15, 0.2) is 12.2 Å². The highest BCUT2D eigenvalue weighted by molar-refractivity contribution is 5.71. The maximum Gasteiger partial charge on any atom is 0.379 e. The molecule has 1 N–H and O–H groups in total. The summed E-state index contributed by atoms with van der Waals surface area (Å²) < 4.78 is 0. The minimum atomic E-state index is -1.46. The lowest BCUT2D eigenvalue weighted by molar-refractivity contribution is -0.511. The van der Waals surface area contributed by atoms with E-state index in [1.807, 2.05) is 6.08 Å². The quantitative estimate of drug-likeness (QED) is 0.179. The van der Waals surface area contributed by atoms with E-state index in [1.54, 1.807) is 0 Å². The number of rotatable bonds is 16. The summed E-state index contributed by atoms with van der Waals surface area (Å²) in [6.45, 7) is 2.24. The van der Waals surface area contributed by atoms with E-state index in [1.165, 1.54) is 57.8 Å². The van der Waals surface area contributed by atoms with Crippen molar-refractivity contribution in [3.8, 4) is 0 Å². The largest absolute Gasteiger partial charge is 0.476 e. The van der Waals surface area contributed by atoms with Crippen molar-refractivity contribution in [1.82, 2.24) is 0 Å². The number of nitro groups is 1. The average Bonchev–Trinajstić information content (AvgIpc) is 2.50. The molecule has 0 saturated carbocycles. The molecular weight excluding hydrogens is 294 g/mol. The Morgan fingerprint density at radius 2 is 1.43 bits per heavy atom. The van der Waals surface area contributed by atoms with E-state index in [0.29, 0.717) is 6.42 Å². The summed E-state index contributed by atoms with van der Waals surface area (Å²) in [7, 11) is 0. The Labute approximate surface area is 140 Å². The van der Waals surface area contributed by atoms with Gasteiger partial charge in [-0.3, -0.25) is 10.1 Å². The Balaban J connectivity index is 3.38. The van der Waals surface area contributed by atoms with Gasteiger partial charge in [0.05, 0.1) is 0 Å². The molecule has 5 nitrogen and oxygen atoms in total. The van der Waals surface area contributed by atoms with Crippen molar-refractivity contribution in [2.24, 2.45) is 0 Å². The summed E-state index contributed by atoms with van der Waals surface area (Å²) in [6, 6.07) is -1.46. The van der Waals surface area contributed by atoms with Gasteiger partial charge in [0.25, 0.3) is 0 Å². The van der Waals surface area contributed by atoms with Crippen molar-refractivity contribution in [2.75, 3.05) is 0 Å². The van der Waals surface area contributed by atoms with Crippen LogP contribution in [-0.2, 0) is 4.79 Å². The molecule has 0 bridgehead atoms. The molecule has 0 rings (SSSR count). The van der Waals surface area contributed by atoms with E-state index in [2.05, 4.69) is 13.0 Å². The summed E-state index contributed by atoms with van der Waals surface area (Å²) in [5.41, 5.74) is 0. The second-order valence-electron chi connectivity index (χ2n) is 6.16. The number of nitrogens with zero attached hydrogens (tertiary/aromatic N) is 1. The number of aliphatic carboxylic acids is 1. The molecule has 23 heavy (non-hydrogen) atoms. The number of carboxylic acids is 1. The van der Waals surface area contributed by atoms with Crippen molar-refractivity contribution in [2.45, 2.75) is 96.4 Å². The van der Waals surface area contributed by atoms with E-state index in [-0.39, 0.29) is 6.42 Å². The van der Waals surface area contributed by atoms with Crippen LogP contribution >= 0.6 is 0 Å². The molecule has 0 spiro atoms. The first-order chi connectivity index (χ1) is 11.1. The minimum absolute atomic E-state index is 0.102. The van der Waals surface area contributed by atoms with Crippen LogP contribution in [0.3, 0.4) is 0 Å². The Morgan fingerprint density at radius 1 is 0.957 bits per heavy atom. The fourth-order valence-corrected chi connectivity index (χ4v) is 2.56. The van der Waals surface area contributed by atoms with Crippen LogP contribution in [0.25, 0.3) is 0 Å². The predicted molar refractivity (Wildman–Crippen MR) is 93.3 cm³/mol. The molecule has 0 saturated heterocycles. The smallest absolute Gasteiger partial charge is 0.379 e. The lowest BCUT2D eigenvalue weighted by atomic mass is 10.1. The van der Waals surface area contributed by atoms with Gasteiger partial charge in [-0.2, -0.15) is 0 Å². The first-order valence-corrected chi connectivity index (χ1v) is 9.10. The van der Waals surface area contributed by atoms with E-state index >= 15 is 0 Å². The van der Waals surface area contributed by atoms with Gasteiger partial charge in [0, 0.05) is 11.3 Å². The van der Waals surface area contributed by atoms with Crippen LogP contribution < -0.4 is 0 Å². The molecule has 1 atom stereocenters. The summed E-state index contributed by atoms with van der Waals surface area (Å²) in [5.74, 6) is -1.34. The van der Waals surface area contributed by atoms with Crippen molar-refractivity contribution >= 4 is 5.97 Å². The first-order valence-electron chi connectivity index (χ1n) is 9.10. The van der Waals surface area contributed by atoms with Crippen molar-refractivity contribution in [1.29, 1.82) is 0 Å². The van der Waals surface area contributed by atoms with Gasteiger partial charge in [0.15, 0.2) is 0 Å². The van der Waals surface area contributed by atoms with Gasteiger partial charge in [0.1, 0.15) is 0 Å². The molecule has 0 aromatic heterocycles. The lowest BCUT2D eigenvalue weighted by Crippen LogP contribution is -2.28. The highest BCUT2D eigenvalue weighted by Gasteiger charge is 2.27. The summed E-state index contributed by atoms with van der Waals surface area (Å²) in [5, 5.41) is 19.2. The molecule has 0 aliphatic carbocycles. The maximum atomic E-state index is 10.6. The zero-order chi connectivity index (χ0) is 17.3. The van der Waals surface area contributed by atoms with Crippen molar-refractivity contribution < 1.29 is 14.8 Å². The van der Waals surface area contributed by atoms with Gasteiger partial charge in [-0.15, -0.1) is 0 Å². The average molecular weight is 327 g/mol. The Kier molecular flexibility index (Phi) is 14.6. The number of carbonyl (C=O) groups is 1. The summed E-state index contributed by atoms with van der Waals surface area (Å²) in [6.07, 6.45) is 18.4. The Hall–Kier alpha value is -1.39. The van der Waals surface area contributed by atoms with Crippen LogP contribution in [0.4, 0.5) is 0 Å². The number of hydrogen-bond donors (Lipinski definition) is 1. The standard InChI is InChI=1S/C18H33NO4/c1-2-3-4-5-6-7-8-9-10-11-12-13-14-15-16-17(18(20)21)19(22)23/h12-13,17H,2-11,14-16H2,1H3,(H,20,21)/b13-12-. The van der Waals surface area contributed by atoms with Crippen LogP contribution in [0, 0.1) is 10.1 Å². The van der Waals surface area contributed by atoms with Gasteiger partial charge in [-0.05, 0) is 25.7 Å². The van der Waals surface area contributed by atoms with Gasteiger partial charge >= 0.3 is 12.0 Å². The second-order valence-corrected chi connectivity index (χ2v) is 6.16. The number of allylic oxidation sites excluding steroid dienone is 2. The molecule has 1 unspecified atom stereocenters. The molecule has 0 fully saturated rings. The lowest BCUT2D eigenvalue weighted by Gasteiger charge is -2.02. The highest BCUT2D eigenvalue weighted by atomic mass is 16.6. The number of carboxylic acid groups (broad SMARTS) is 1. The van der Waals surface area contributed by atoms with E-state index in [0.717, 1.165) is 12.8 Å². The van der Waals surface area contributed by atoms with Gasteiger partial charge in [0.2, 0.25) is 0 Å². The number of hydrogen-bond acceptors (Lipinski definition) is 3. The first kappa shape index (κ1) is 21.6. The van der Waals surface area contributed by atoms with E-state index < -0.39 is 16.9 Å². The molecule has 0 aliphatic heterocycles. The Bertz CT molecular complexity index is 328. The maximum absolute atomic E-state index is 10.6. The highest BCUT2D eigenvalue weighted by Crippen LogP contribution is 2.11. The van der Waals surface area contributed by atoms with Crippen LogP contribution in [0.5, 0.6) is 0 Å². The SMILES string of the molecule is CCCCCCCCCCC/C=C\CCCC(C(=O)O)[N+](=O)[O-]. The molecule has 0 aliphatic rings. The fourth-order valence-electron chi connectivity index (χ4n) is 2.56. The summed E-state index contributed by atoms with van der Waals surface area (Å²) in [4.78, 5) is 20.4. The fraction of sp³-hybridized carbons (Fsp3) is 0.833. The molecule has 0 aromatic rings. The Morgan fingerprint density at radius 3 is 1.91 bits per heavy atom. The monoisotopic (exact) mass is 327 g/mol. The third-order valence-corrected chi connectivity index (χ3v) is 4.03. The zero-order valence-corrected chi connectivity index (χ0v) is 14.5. The molecular formula is C18H33NO4. The molecule has 0 amide bonds. The third kappa shape index (κ3) is 14.0. The van der Waals surface area contributed by atoms with Gasteiger partial charge in [-0.25, -0.2) is 4.79 Å². The van der Waals surface area contributed by atoms with Crippen molar-refractivity contribution in [3.63, 3.8) is 0 Å². The normalized spacial score (nSPS) is 12.6. The van der Waals surface area contributed by atoms with E-state index in [4.69, 9.17) is 5.11 Å². The summed E-state index contributed by atoms with van der Waals surface area (Å²) >= 11 is 0. The van der Waals surface area contributed by atoms with Crippen LogP contribution in [0.1, 0.15) is 90.4 Å². The van der Waals surface area contributed by atoms with Crippen LogP contribution in [-0.4, -0.2) is 22.0 Å². The van der Waals surface area contributed by atoms with Crippen LogP contribution in [0.2, 0.25) is 0 Å². The third-order valence-electron chi connectivity index (χ3n) is 4.03. The zero-order valence-electron chi connectivity index (χ0n) is 14.5. The van der Waals surface area contributed by atoms with E-state index in [9.17, 15) is 14.9 Å². The molecule has 5 heteroatoms. The topological polar surface area (TPSA) is 80.4 Å². The predicted octanol–water partition coefficient (Wildman–Crippen LogP) is 5.36. The molecule has 0 aromatic carbocycles. The molecule has 134 valence electrons. The van der Waals surface area contributed by atoms with Crippen molar-refractivity contribution in [3.05, 3.63) is 22.3 Å². The van der Waals surface area contributed by atoms with Gasteiger partial charge < -0.3 is 5.11 Å². The number of unbranched alkanes of at least 4 members (excludes halogenated alkanes) is 10. The molecule has 0 radical (unpaired) electrons.